The fourth-order valence-corrected chi connectivity index (χ4v) is 2.42. The van der Waals surface area contributed by atoms with Crippen LogP contribution in [0.15, 0.2) is 24.3 Å². The van der Waals surface area contributed by atoms with Gasteiger partial charge in [-0.15, -0.1) is 0 Å². The molecular weight excluding hydrogens is 267 g/mol. The quantitative estimate of drug-likeness (QED) is 0.360. The highest BCUT2D eigenvalue weighted by Crippen LogP contribution is 2.21. The number of aryl methyl sites for hydroxylation is 1. The molecule has 116 valence electrons. The highest BCUT2D eigenvalue weighted by molar-refractivity contribution is 7.26. The standard InChI is InChI=1S/C16H27O2P.CH4/c1-3-4-5-6-7-8-9-10-15-11-13-16(14-12-15)18-19-17-2;/h11-14,19H,3-10H2,1-2H3;1H4. The molecule has 1 atom stereocenters. The summed E-state index contributed by atoms with van der Waals surface area (Å²) in [6.45, 7) is 2.26. The van der Waals surface area contributed by atoms with E-state index in [1.54, 1.807) is 7.11 Å². The van der Waals surface area contributed by atoms with Crippen LogP contribution in [0.2, 0.25) is 0 Å². The Balaban J connectivity index is 0.00000361. The summed E-state index contributed by atoms with van der Waals surface area (Å²) in [6, 6.07) is 8.38. The lowest BCUT2D eigenvalue weighted by Crippen LogP contribution is -1.87. The third-order valence-corrected chi connectivity index (χ3v) is 3.72. The van der Waals surface area contributed by atoms with Gasteiger partial charge < -0.3 is 9.05 Å². The summed E-state index contributed by atoms with van der Waals surface area (Å²) in [5, 5.41) is 0. The minimum Gasteiger partial charge on any atom is -0.450 e. The summed E-state index contributed by atoms with van der Waals surface area (Å²) >= 11 is 0. The van der Waals surface area contributed by atoms with Crippen molar-refractivity contribution in [2.75, 3.05) is 7.11 Å². The second-order valence-electron chi connectivity index (χ2n) is 4.90. The SMILES string of the molecule is C.CCCCCCCCCc1ccc(OPOC)cc1. The molecule has 20 heavy (non-hydrogen) atoms. The number of hydrogen-bond acceptors (Lipinski definition) is 2. The van der Waals surface area contributed by atoms with E-state index in [9.17, 15) is 0 Å². The first-order chi connectivity index (χ1) is 9.36. The first-order valence-corrected chi connectivity index (χ1v) is 8.22. The molecule has 0 saturated carbocycles. The summed E-state index contributed by atoms with van der Waals surface area (Å²) in [4.78, 5) is 0. The van der Waals surface area contributed by atoms with Crippen LogP contribution >= 0.6 is 9.03 Å². The van der Waals surface area contributed by atoms with Crippen LogP contribution in [0.4, 0.5) is 0 Å². The van der Waals surface area contributed by atoms with E-state index in [0.717, 1.165) is 5.75 Å². The lowest BCUT2D eigenvalue weighted by atomic mass is 10.0. The minimum absolute atomic E-state index is 0. The van der Waals surface area contributed by atoms with Gasteiger partial charge >= 0.3 is 0 Å². The molecule has 0 fully saturated rings. The van der Waals surface area contributed by atoms with Crippen molar-refractivity contribution in [3.05, 3.63) is 29.8 Å². The maximum atomic E-state index is 5.40. The van der Waals surface area contributed by atoms with Crippen molar-refractivity contribution in [1.82, 2.24) is 0 Å². The number of hydrogen-bond donors (Lipinski definition) is 0. The molecular formula is C17H31O2P. The van der Waals surface area contributed by atoms with Gasteiger partial charge in [0.05, 0.1) is 0 Å². The van der Waals surface area contributed by atoms with Crippen LogP contribution in [-0.4, -0.2) is 7.11 Å². The van der Waals surface area contributed by atoms with Crippen LogP contribution in [0.25, 0.3) is 0 Å². The molecule has 0 aromatic heterocycles. The molecule has 0 aliphatic heterocycles. The number of unbranched alkanes of at least 4 members (excludes halogenated alkanes) is 6. The van der Waals surface area contributed by atoms with Crippen molar-refractivity contribution < 1.29 is 9.05 Å². The molecule has 0 spiro atoms. The Morgan fingerprint density at radius 2 is 1.50 bits per heavy atom. The molecule has 3 heteroatoms. The van der Waals surface area contributed by atoms with Crippen molar-refractivity contribution in [1.29, 1.82) is 0 Å². The zero-order valence-electron chi connectivity index (χ0n) is 12.3. The smallest absolute Gasteiger partial charge is 0.215 e. The van der Waals surface area contributed by atoms with Gasteiger partial charge in [-0.3, -0.25) is 0 Å². The maximum absolute atomic E-state index is 5.40. The van der Waals surface area contributed by atoms with Crippen molar-refractivity contribution in [2.24, 2.45) is 0 Å². The van der Waals surface area contributed by atoms with Gasteiger partial charge in [0.15, 0.2) is 0 Å². The average molecular weight is 298 g/mol. The third kappa shape index (κ3) is 9.34. The van der Waals surface area contributed by atoms with Crippen LogP contribution in [0.3, 0.4) is 0 Å². The Hall–Kier alpha value is -0.590. The van der Waals surface area contributed by atoms with E-state index in [2.05, 4.69) is 19.1 Å². The van der Waals surface area contributed by atoms with E-state index >= 15 is 0 Å². The first kappa shape index (κ1) is 19.4. The summed E-state index contributed by atoms with van der Waals surface area (Å²) in [5.41, 5.74) is 1.40. The molecule has 0 N–H and O–H groups in total. The van der Waals surface area contributed by atoms with Crippen LogP contribution in [0, 0.1) is 0 Å². The Labute approximate surface area is 127 Å². The zero-order valence-corrected chi connectivity index (χ0v) is 13.3. The summed E-state index contributed by atoms with van der Waals surface area (Å²) < 4.78 is 10.3. The van der Waals surface area contributed by atoms with Crippen LogP contribution < -0.4 is 4.52 Å². The molecule has 2 nitrogen and oxygen atoms in total. The molecule has 0 aliphatic rings. The molecule has 1 aromatic carbocycles. The van der Waals surface area contributed by atoms with Gasteiger partial charge in [0.2, 0.25) is 9.03 Å². The summed E-state index contributed by atoms with van der Waals surface area (Å²) in [5.74, 6) is 0.892. The Bertz CT molecular complexity index is 311. The lowest BCUT2D eigenvalue weighted by Gasteiger charge is -2.05. The molecule has 1 unspecified atom stereocenters. The van der Waals surface area contributed by atoms with Gasteiger partial charge in [-0.05, 0) is 30.5 Å². The molecule has 0 bridgehead atoms. The van der Waals surface area contributed by atoms with Crippen LogP contribution in [0.5, 0.6) is 5.75 Å². The molecule has 1 aromatic rings. The lowest BCUT2D eigenvalue weighted by molar-refractivity contribution is 0.417. The Kier molecular flexibility index (Phi) is 13.0. The molecule has 0 saturated heterocycles. The fraction of sp³-hybridized carbons (Fsp3) is 0.647. The van der Waals surface area contributed by atoms with Crippen molar-refractivity contribution in [3.63, 3.8) is 0 Å². The van der Waals surface area contributed by atoms with Crippen molar-refractivity contribution >= 4 is 9.03 Å². The van der Waals surface area contributed by atoms with E-state index in [0.29, 0.717) is 0 Å². The predicted molar refractivity (Wildman–Crippen MR) is 90.8 cm³/mol. The monoisotopic (exact) mass is 298 g/mol. The molecule has 0 aliphatic carbocycles. The molecule has 1 rings (SSSR count). The van der Waals surface area contributed by atoms with E-state index in [-0.39, 0.29) is 16.5 Å². The number of benzene rings is 1. The third-order valence-electron chi connectivity index (χ3n) is 3.24. The van der Waals surface area contributed by atoms with Gasteiger partial charge in [-0.1, -0.05) is 65.0 Å². The first-order valence-electron chi connectivity index (χ1n) is 7.40. The minimum atomic E-state index is 0. The predicted octanol–water partition coefficient (Wildman–Crippen LogP) is 6.15. The van der Waals surface area contributed by atoms with Crippen molar-refractivity contribution in [2.45, 2.75) is 65.7 Å². The normalized spacial score (nSPS) is 10.7. The second kappa shape index (κ2) is 13.4. The second-order valence-corrected chi connectivity index (χ2v) is 5.68. The Morgan fingerprint density at radius 3 is 2.10 bits per heavy atom. The highest BCUT2D eigenvalue weighted by atomic mass is 31.1. The van der Waals surface area contributed by atoms with Gasteiger partial charge in [0.25, 0.3) is 0 Å². The van der Waals surface area contributed by atoms with Gasteiger partial charge in [-0.25, -0.2) is 0 Å². The summed E-state index contributed by atoms with van der Waals surface area (Å²) in [7, 11) is 1.74. The van der Waals surface area contributed by atoms with Gasteiger partial charge in [-0.2, -0.15) is 0 Å². The fourth-order valence-electron chi connectivity index (χ4n) is 2.10. The topological polar surface area (TPSA) is 18.5 Å². The largest absolute Gasteiger partial charge is 0.450 e. The highest BCUT2D eigenvalue weighted by Gasteiger charge is 1.97. The van der Waals surface area contributed by atoms with Gasteiger partial charge in [0.1, 0.15) is 5.75 Å². The maximum Gasteiger partial charge on any atom is 0.215 e. The molecule has 0 amide bonds. The van der Waals surface area contributed by atoms with E-state index in [4.69, 9.17) is 9.05 Å². The molecule has 0 radical (unpaired) electrons. The summed E-state index contributed by atoms with van der Waals surface area (Å²) in [6.07, 6.45) is 10.7. The van der Waals surface area contributed by atoms with Crippen LogP contribution in [0.1, 0.15) is 64.9 Å². The van der Waals surface area contributed by atoms with E-state index in [1.165, 1.54) is 56.9 Å². The van der Waals surface area contributed by atoms with E-state index < -0.39 is 0 Å². The van der Waals surface area contributed by atoms with Gasteiger partial charge in [0, 0.05) is 7.11 Å². The molecule has 0 heterocycles. The average Bonchev–Trinajstić information content (AvgIpc) is 2.45. The van der Waals surface area contributed by atoms with Crippen molar-refractivity contribution in [3.8, 4) is 5.75 Å². The zero-order chi connectivity index (χ0) is 13.8. The number of rotatable bonds is 11. The van der Waals surface area contributed by atoms with E-state index in [1.807, 2.05) is 12.1 Å². The van der Waals surface area contributed by atoms with Crippen LogP contribution in [-0.2, 0) is 10.9 Å². The Morgan fingerprint density at radius 1 is 0.900 bits per heavy atom.